The zero-order valence-electron chi connectivity index (χ0n) is 11.6. The van der Waals surface area contributed by atoms with Gasteiger partial charge in [0.15, 0.2) is 11.6 Å². The molecule has 0 atom stereocenters. The Morgan fingerprint density at radius 3 is 2.53 bits per heavy atom. The van der Waals surface area contributed by atoms with Crippen molar-refractivity contribution in [2.24, 2.45) is 0 Å². The van der Waals surface area contributed by atoms with Crippen LogP contribution in [0.5, 0.6) is 0 Å². The van der Waals surface area contributed by atoms with Crippen LogP contribution in [0.2, 0.25) is 0 Å². The van der Waals surface area contributed by atoms with Gasteiger partial charge in [0.05, 0.1) is 0 Å². The minimum Gasteiger partial charge on any atom is -0.343 e. The highest BCUT2D eigenvalue weighted by molar-refractivity contribution is 5.76. The van der Waals surface area contributed by atoms with Crippen LogP contribution in [0.25, 0.3) is 0 Å². The van der Waals surface area contributed by atoms with Gasteiger partial charge in [-0.3, -0.25) is 4.79 Å². The standard InChI is InChI=1S/C15H21F2NO/c1-3-5-10-18(4-2)15(19)9-7-12-6-8-13(16)14(17)11-12/h6,8,11H,3-5,7,9-10H2,1-2H3. The first-order chi connectivity index (χ1) is 9.08. The normalized spacial score (nSPS) is 10.5. The van der Waals surface area contributed by atoms with Crippen LogP contribution in [-0.4, -0.2) is 23.9 Å². The first kappa shape index (κ1) is 15.6. The Morgan fingerprint density at radius 2 is 1.95 bits per heavy atom. The Labute approximate surface area is 113 Å². The van der Waals surface area contributed by atoms with Gasteiger partial charge in [0.2, 0.25) is 5.91 Å². The molecule has 19 heavy (non-hydrogen) atoms. The summed E-state index contributed by atoms with van der Waals surface area (Å²) in [4.78, 5) is 13.8. The molecule has 0 fully saturated rings. The third-order valence-electron chi connectivity index (χ3n) is 3.13. The number of hydrogen-bond acceptors (Lipinski definition) is 1. The van der Waals surface area contributed by atoms with E-state index in [2.05, 4.69) is 6.92 Å². The van der Waals surface area contributed by atoms with Gasteiger partial charge in [-0.15, -0.1) is 0 Å². The van der Waals surface area contributed by atoms with E-state index < -0.39 is 11.6 Å². The summed E-state index contributed by atoms with van der Waals surface area (Å²) < 4.78 is 25.8. The van der Waals surface area contributed by atoms with Crippen LogP contribution in [0.15, 0.2) is 18.2 Å². The van der Waals surface area contributed by atoms with E-state index in [1.807, 2.05) is 11.8 Å². The molecule has 0 saturated heterocycles. The molecule has 1 aromatic rings. The molecular weight excluding hydrogens is 248 g/mol. The van der Waals surface area contributed by atoms with Gasteiger partial charge >= 0.3 is 0 Å². The summed E-state index contributed by atoms with van der Waals surface area (Å²) in [6, 6.07) is 3.78. The molecule has 0 N–H and O–H groups in total. The highest BCUT2D eigenvalue weighted by atomic mass is 19.2. The van der Waals surface area contributed by atoms with Crippen molar-refractivity contribution in [1.82, 2.24) is 4.90 Å². The Morgan fingerprint density at radius 1 is 1.21 bits per heavy atom. The van der Waals surface area contributed by atoms with Crippen molar-refractivity contribution in [2.45, 2.75) is 39.5 Å². The van der Waals surface area contributed by atoms with Gasteiger partial charge < -0.3 is 4.90 Å². The zero-order valence-corrected chi connectivity index (χ0v) is 11.6. The van der Waals surface area contributed by atoms with Gasteiger partial charge in [-0.1, -0.05) is 19.4 Å². The van der Waals surface area contributed by atoms with Crippen LogP contribution in [0.1, 0.15) is 38.7 Å². The number of halogens is 2. The molecule has 0 spiro atoms. The molecule has 1 amide bonds. The van der Waals surface area contributed by atoms with Crippen LogP contribution in [-0.2, 0) is 11.2 Å². The largest absolute Gasteiger partial charge is 0.343 e. The monoisotopic (exact) mass is 269 g/mol. The number of unbranched alkanes of at least 4 members (excludes halogenated alkanes) is 1. The fourth-order valence-electron chi connectivity index (χ4n) is 1.91. The second-order valence-electron chi connectivity index (χ2n) is 4.58. The fourth-order valence-corrected chi connectivity index (χ4v) is 1.91. The number of carbonyl (C=O) groups is 1. The van der Waals surface area contributed by atoms with E-state index >= 15 is 0 Å². The molecule has 4 heteroatoms. The van der Waals surface area contributed by atoms with Crippen molar-refractivity contribution in [2.75, 3.05) is 13.1 Å². The van der Waals surface area contributed by atoms with E-state index in [1.54, 1.807) is 0 Å². The van der Waals surface area contributed by atoms with E-state index in [4.69, 9.17) is 0 Å². The lowest BCUT2D eigenvalue weighted by molar-refractivity contribution is -0.131. The lowest BCUT2D eigenvalue weighted by atomic mass is 10.1. The molecule has 0 radical (unpaired) electrons. The lowest BCUT2D eigenvalue weighted by Gasteiger charge is -2.20. The van der Waals surface area contributed by atoms with Gasteiger partial charge in [-0.25, -0.2) is 8.78 Å². The van der Waals surface area contributed by atoms with Crippen molar-refractivity contribution in [1.29, 1.82) is 0 Å². The molecule has 0 aromatic heterocycles. The Balaban J connectivity index is 2.50. The summed E-state index contributed by atoms with van der Waals surface area (Å²) in [5.41, 5.74) is 0.652. The lowest BCUT2D eigenvalue weighted by Crippen LogP contribution is -2.31. The predicted molar refractivity (Wildman–Crippen MR) is 71.8 cm³/mol. The maximum absolute atomic E-state index is 13.0. The van der Waals surface area contributed by atoms with Crippen LogP contribution in [0.3, 0.4) is 0 Å². The molecule has 106 valence electrons. The molecule has 0 unspecified atom stereocenters. The number of nitrogens with zero attached hydrogens (tertiary/aromatic N) is 1. The van der Waals surface area contributed by atoms with E-state index in [-0.39, 0.29) is 5.91 Å². The SMILES string of the molecule is CCCCN(CC)C(=O)CCc1ccc(F)c(F)c1. The van der Waals surface area contributed by atoms with Gasteiger partial charge in [-0.05, 0) is 37.5 Å². The summed E-state index contributed by atoms with van der Waals surface area (Å²) >= 11 is 0. The van der Waals surface area contributed by atoms with Crippen molar-refractivity contribution >= 4 is 5.91 Å². The minimum absolute atomic E-state index is 0.0701. The van der Waals surface area contributed by atoms with E-state index in [1.165, 1.54) is 6.07 Å². The molecule has 1 rings (SSSR count). The number of carbonyl (C=O) groups excluding carboxylic acids is 1. The highest BCUT2D eigenvalue weighted by Gasteiger charge is 2.11. The minimum atomic E-state index is -0.858. The molecule has 0 saturated carbocycles. The van der Waals surface area contributed by atoms with Crippen LogP contribution < -0.4 is 0 Å². The summed E-state index contributed by atoms with van der Waals surface area (Å²) in [6.07, 6.45) is 2.82. The summed E-state index contributed by atoms with van der Waals surface area (Å²) in [6.45, 7) is 5.49. The summed E-state index contributed by atoms with van der Waals surface area (Å²) in [7, 11) is 0. The third kappa shape index (κ3) is 4.97. The van der Waals surface area contributed by atoms with Crippen LogP contribution in [0.4, 0.5) is 8.78 Å². The van der Waals surface area contributed by atoms with Gasteiger partial charge in [0.25, 0.3) is 0 Å². The average molecular weight is 269 g/mol. The average Bonchev–Trinajstić information content (AvgIpc) is 2.41. The molecule has 0 aliphatic carbocycles. The first-order valence-electron chi connectivity index (χ1n) is 6.80. The van der Waals surface area contributed by atoms with Crippen molar-refractivity contribution < 1.29 is 13.6 Å². The number of aryl methyl sites for hydroxylation is 1. The van der Waals surface area contributed by atoms with E-state index in [9.17, 15) is 13.6 Å². The number of hydrogen-bond donors (Lipinski definition) is 0. The smallest absolute Gasteiger partial charge is 0.222 e. The molecule has 0 aliphatic rings. The van der Waals surface area contributed by atoms with Crippen molar-refractivity contribution in [3.63, 3.8) is 0 Å². The number of amides is 1. The van der Waals surface area contributed by atoms with E-state index in [0.29, 0.717) is 24.9 Å². The van der Waals surface area contributed by atoms with Gasteiger partial charge in [0.1, 0.15) is 0 Å². The van der Waals surface area contributed by atoms with Crippen LogP contribution in [0, 0.1) is 11.6 Å². The predicted octanol–water partition coefficient (Wildman–Crippen LogP) is 3.55. The topological polar surface area (TPSA) is 20.3 Å². The second-order valence-corrected chi connectivity index (χ2v) is 4.58. The molecule has 2 nitrogen and oxygen atoms in total. The van der Waals surface area contributed by atoms with Crippen molar-refractivity contribution in [3.8, 4) is 0 Å². The zero-order chi connectivity index (χ0) is 14.3. The van der Waals surface area contributed by atoms with Gasteiger partial charge in [0, 0.05) is 19.5 Å². The fraction of sp³-hybridized carbons (Fsp3) is 0.533. The van der Waals surface area contributed by atoms with Crippen LogP contribution >= 0.6 is 0 Å². The van der Waals surface area contributed by atoms with Gasteiger partial charge in [-0.2, -0.15) is 0 Å². The number of benzene rings is 1. The Hall–Kier alpha value is -1.45. The summed E-state index contributed by atoms with van der Waals surface area (Å²) in [5.74, 6) is -1.64. The second kappa shape index (κ2) is 7.87. The van der Waals surface area contributed by atoms with Crippen molar-refractivity contribution in [3.05, 3.63) is 35.4 Å². The Kier molecular flexibility index (Phi) is 6.46. The quantitative estimate of drug-likeness (QED) is 0.741. The molecule has 0 aliphatic heterocycles. The highest BCUT2D eigenvalue weighted by Crippen LogP contribution is 2.11. The molecule has 1 aromatic carbocycles. The summed E-state index contributed by atoms with van der Waals surface area (Å²) in [5, 5.41) is 0. The maximum atomic E-state index is 13.0. The first-order valence-corrected chi connectivity index (χ1v) is 6.80. The molecular formula is C15H21F2NO. The molecule has 0 heterocycles. The number of rotatable bonds is 7. The van der Waals surface area contributed by atoms with E-state index in [0.717, 1.165) is 31.5 Å². The Bertz CT molecular complexity index is 421. The maximum Gasteiger partial charge on any atom is 0.222 e. The third-order valence-corrected chi connectivity index (χ3v) is 3.13. The molecule has 0 bridgehead atoms.